The molecule has 0 aromatic heterocycles. The molecule has 0 fully saturated rings. The van der Waals surface area contributed by atoms with E-state index in [1.165, 1.54) is 0 Å². The van der Waals surface area contributed by atoms with Crippen LogP contribution in [0, 0.1) is 0 Å². The molecule has 2 aliphatic heterocycles. The quantitative estimate of drug-likeness (QED) is 0.168. The average molecular weight is 627 g/mol. The molecule has 2 N–H and O–H groups in total. The molecular weight excluding hydrogens is 592 g/mol. The molecule has 2 atom stereocenters. The van der Waals surface area contributed by atoms with Gasteiger partial charge in [-0.25, -0.2) is 9.98 Å². The van der Waals surface area contributed by atoms with Crippen LogP contribution in [-0.2, 0) is 9.47 Å². The van der Waals surface area contributed by atoms with E-state index in [0.29, 0.717) is 25.0 Å². The monoisotopic (exact) mass is 626 g/mol. The van der Waals surface area contributed by atoms with Gasteiger partial charge in [0.15, 0.2) is 0 Å². The summed E-state index contributed by atoms with van der Waals surface area (Å²) in [5.41, 5.74) is 10.1. The Bertz CT molecular complexity index is 1960. The number of anilines is 4. The summed E-state index contributed by atoms with van der Waals surface area (Å²) in [6.45, 7) is 1.05. The van der Waals surface area contributed by atoms with E-state index < -0.39 is 0 Å². The minimum Gasteiger partial charge on any atom is -0.475 e. The van der Waals surface area contributed by atoms with E-state index in [1.54, 1.807) is 0 Å². The number of hydrogen-bond donors (Lipinski definition) is 2. The second-order valence-corrected chi connectivity index (χ2v) is 11.8. The summed E-state index contributed by atoms with van der Waals surface area (Å²) in [6.07, 6.45) is 0. The number of rotatable bonds is 9. The van der Waals surface area contributed by atoms with Crippen molar-refractivity contribution < 1.29 is 9.47 Å². The third-order valence-corrected chi connectivity index (χ3v) is 8.67. The maximum Gasteiger partial charge on any atom is 0.219 e. The minimum absolute atomic E-state index is 0.0211. The van der Waals surface area contributed by atoms with E-state index in [1.807, 2.05) is 72.8 Å². The number of aliphatic imine (C=N–C) groups is 2. The molecule has 234 valence electrons. The molecule has 0 saturated heterocycles. The fourth-order valence-corrected chi connectivity index (χ4v) is 6.24. The van der Waals surface area contributed by atoms with Gasteiger partial charge in [0.1, 0.15) is 25.3 Å². The number of ether oxygens (including phenoxy) is 2. The van der Waals surface area contributed by atoms with Crippen LogP contribution in [0.3, 0.4) is 0 Å². The summed E-state index contributed by atoms with van der Waals surface area (Å²) in [6, 6.07) is 53.6. The number of para-hydroxylation sites is 4. The molecule has 6 aromatic rings. The Morgan fingerprint density at radius 3 is 1.08 bits per heavy atom. The summed E-state index contributed by atoms with van der Waals surface area (Å²) >= 11 is 0. The molecule has 0 aliphatic carbocycles. The first-order chi connectivity index (χ1) is 23.8. The molecule has 0 spiro atoms. The molecule has 2 heterocycles. The first-order valence-corrected chi connectivity index (χ1v) is 16.2. The average Bonchev–Trinajstić information content (AvgIpc) is 3.85. The van der Waals surface area contributed by atoms with Gasteiger partial charge in [-0.15, -0.1) is 0 Å². The first kappa shape index (κ1) is 29.3. The molecule has 48 heavy (non-hydrogen) atoms. The Morgan fingerprint density at radius 2 is 0.688 bits per heavy atom. The van der Waals surface area contributed by atoms with Crippen LogP contribution in [-0.4, -0.2) is 25.0 Å². The number of hydrogen-bond acceptors (Lipinski definition) is 6. The highest BCUT2D eigenvalue weighted by Crippen LogP contribution is 2.38. The van der Waals surface area contributed by atoms with Gasteiger partial charge in [0, 0.05) is 22.5 Å². The molecule has 0 unspecified atom stereocenters. The SMILES string of the molecule is c1ccc([C@H]2COC(c3ccccc3Nc3ccccc3-c3ccccc3Nc3ccccc3C3=N[C@@H](c4ccccc4)CO3)=N2)cc1. The molecule has 0 bridgehead atoms. The van der Waals surface area contributed by atoms with Gasteiger partial charge < -0.3 is 20.1 Å². The zero-order chi connectivity index (χ0) is 32.1. The summed E-state index contributed by atoms with van der Waals surface area (Å²) in [7, 11) is 0. The van der Waals surface area contributed by atoms with Gasteiger partial charge in [-0.1, -0.05) is 121 Å². The topological polar surface area (TPSA) is 67.2 Å². The fourth-order valence-electron chi connectivity index (χ4n) is 6.24. The Morgan fingerprint density at radius 1 is 0.375 bits per heavy atom. The molecule has 2 aliphatic rings. The smallest absolute Gasteiger partial charge is 0.219 e. The van der Waals surface area contributed by atoms with E-state index >= 15 is 0 Å². The Hall–Kier alpha value is -6.14. The third kappa shape index (κ3) is 6.04. The lowest BCUT2D eigenvalue weighted by Crippen LogP contribution is -2.07. The first-order valence-electron chi connectivity index (χ1n) is 16.2. The Kier molecular flexibility index (Phi) is 8.11. The van der Waals surface area contributed by atoms with E-state index in [9.17, 15) is 0 Å². The number of benzene rings is 6. The van der Waals surface area contributed by atoms with Gasteiger partial charge in [-0.3, -0.25) is 0 Å². The molecule has 6 aromatic carbocycles. The van der Waals surface area contributed by atoms with Crippen LogP contribution in [0.15, 0.2) is 168 Å². The number of nitrogens with one attached hydrogen (secondary N) is 2. The molecule has 0 amide bonds. The third-order valence-electron chi connectivity index (χ3n) is 8.67. The summed E-state index contributed by atoms with van der Waals surface area (Å²) in [5, 5.41) is 7.42. The molecule has 8 rings (SSSR count). The normalized spacial score (nSPS) is 16.8. The van der Waals surface area contributed by atoms with Crippen LogP contribution < -0.4 is 10.6 Å². The van der Waals surface area contributed by atoms with Gasteiger partial charge in [-0.2, -0.15) is 0 Å². The van der Waals surface area contributed by atoms with Crippen LogP contribution in [0.5, 0.6) is 0 Å². The molecular formula is C42H34N4O2. The van der Waals surface area contributed by atoms with Crippen molar-refractivity contribution in [3.05, 3.63) is 180 Å². The highest BCUT2D eigenvalue weighted by atomic mass is 16.5. The zero-order valence-corrected chi connectivity index (χ0v) is 26.3. The van der Waals surface area contributed by atoms with Crippen molar-refractivity contribution >= 4 is 34.5 Å². The van der Waals surface area contributed by atoms with Crippen molar-refractivity contribution in [2.45, 2.75) is 12.1 Å². The molecule has 6 nitrogen and oxygen atoms in total. The van der Waals surface area contributed by atoms with E-state index in [4.69, 9.17) is 19.5 Å². The highest BCUT2D eigenvalue weighted by molar-refractivity contribution is 6.03. The molecule has 0 saturated carbocycles. The lowest BCUT2D eigenvalue weighted by atomic mass is 10.0. The Balaban J connectivity index is 1.09. The van der Waals surface area contributed by atoms with Crippen LogP contribution >= 0.6 is 0 Å². The predicted octanol–water partition coefficient (Wildman–Crippen LogP) is 9.88. The van der Waals surface area contributed by atoms with E-state index in [0.717, 1.165) is 56.1 Å². The minimum atomic E-state index is -0.0211. The lowest BCUT2D eigenvalue weighted by Gasteiger charge is -2.19. The summed E-state index contributed by atoms with van der Waals surface area (Å²) in [4.78, 5) is 9.92. The van der Waals surface area contributed by atoms with Crippen molar-refractivity contribution in [2.75, 3.05) is 23.8 Å². The Labute approximate surface area is 280 Å². The van der Waals surface area contributed by atoms with Crippen molar-refractivity contribution in [3.63, 3.8) is 0 Å². The predicted molar refractivity (Wildman–Crippen MR) is 195 cm³/mol. The number of nitrogens with zero attached hydrogens (tertiary/aromatic N) is 2. The van der Waals surface area contributed by atoms with E-state index in [2.05, 4.69) is 95.6 Å². The van der Waals surface area contributed by atoms with Crippen molar-refractivity contribution in [1.29, 1.82) is 0 Å². The van der Waals surface area contributed by atoms with Gasteiger partial charge in [0.2, 0.25) is 11.8 Å². The largest absolute Gasteiger partial charge is 0.475 e. The standard InChI is InChI=1S/C42H34N4O2/c1-3-15-29(16-4-1)39-27-47-41(45-39)33-21-9-13-25-37(33)43-35-23-11-7-19-31(35)32-20-8-12-24-36(32)44-38-26-14-10-22-34(38)42-46-40(28-48-42)30-17-5-2-6-18-30/h1-26,39-40,43-44H,27-28H2/t39-,40-/m1/s1. The summed E-state index contributed by atoms with van der Waals surface area (Å²) in [5.74, 6) is 1.30. The second-order valence-electron chi connectivity index (χ2n) is 11.8. The van der Waals surface area contributed by atoms with Crippen LogP contribution in [0.25, 0.3) is 11.1 Å². The van der Waals surface area contributed by atoms with Crippen molar-refractivity contribution in [3.8, 4) is 11.1 Å². The van der Waals surface area contributed by atoms with Crippen LogP contribution in [0.2, 0.25) is 0 Å². The molecule has 0 radical (unpaired) electrons. The maximum absolute atomic E-state index is 6.15. The molecule has 6 heteroatoms. The lowest BCUT2D eigenvalue weighted by molar-refractivity contribution is 0.320. The maximum atomic E-state index is 6.15. The zero-order valence-electron chi connectivity index (χ0n) is 26.3. The van der Waals surface area contributed by atoms with Crippen molar-refractivity contribution in [2.24, 2.45) is 9.98 Å². The highest BCUT2D eigenvalue weighted by Gasteiger charge is 2.25. The van der Waals surface area contributed by atoms with E-state index in [-0.39, 0.29) is 12.1 Å². The van der Waals surface area contributed by atoms with Gasteiger partial charge >= 0.3 is 0 Å². The van der Waals surface area contributed by atoms with Crippen LogP contribution in [0.1, 0.15) is 34.3 Å². The summed E-state index contributed by atoms with van der Waals surface area (Å²) < 4.78 is 12.3. The van der Waals surface area contributed by atoms with Gasteiger partial charge in [0.25, 0.3) is 0 Å². The van der Waals surface area contributed by atoms with Crippen molar-refractivity contribution in [1.82, 2.24) is 0 Å². The van der Waals surface area contributed by atoms with Crippen LogP contribution in [0.4, 0.5) is 22.7 Å². The van der Waals surface area contributed by atoms with Gasteiger partial charge in [-0.05, 0) is 47.5 Å². The second kappa shape index (κ2) is 13.3. The van der Waals surface area contributed by atoms with Gasteiger partial charge in [0.05, 0.1) is 22.5 Å². The fraction of sp³-hybridized carbons (Fsp3) is 0.0952.